The summed E-state index contributed by atoms with van der Waals surface area (Å²) in [6.45, 7) is 5.03. The third-order valence-corrected chi connectivity index (χ3v) is 2.80. The number of amides is 2. The molecule has 0 saturated heterocycles. The zero-order valence-corrected chi connectivity index (χ0v) is 13.3. The second-order valence-corrected chi connectivity index (χ2v) is 5.74. The molecule has 7 nitrogen and oxygen atoms in total. The molecule has 0 aliphatic heterocycles. The molecule has 3 N–H and O–H groups in total. The first kappa shape index (κ1) is 19.4. The fourth-order valence-corrected chi connectivity index (χ4v) is 1.69. The van der Waals surface area contributed by atoms with E-state index in [1.54, 1.807) is 0 Å². The van der Waals surface area contributed by atoms with Crippen LogP contribution in [0.15, 0.2) is 0 Å². The average Bonchev–Trinajstić information content (AvgIpc) is 2.34. The summed E-state index contributed by atoms with van der Waals surface area (Å²) in [5.74, 6) is -1.50. The van der Waals surface area contributed by atoms with Crippen LogP contribution in [0.1, 0.15) is 33.1 Å². The summed E-state index contributed by atoms with van der Waals surface area (Å²) in [5, 5.41) is 14.2. The van der Waals surface area contributed by atoms with E-state index < -0.39 is 17.9 Å². The Kier molecular flexibility index (Phi) is 9.36. The van der Waals surface area contributed by atoms with Crippen molar-refractivity contribution < 1.29 is 19.5 Å². The van der Waals surface area contributed by atoms with Gasteiger partial charge in [0.1, 0.15) is 6.04 Å². The minimum atomic E-state index is -1.05. The van der Waals surface area contributed by atoms with Gasteiger partial charge in [-0.25, -0.2) is 4.79 Å². The lowest BCUT2D eigenvalue weighted by atomic mass is 10.0. The summed E-state index contributed by atoms with van der Waals surface area (Å²) < 4.78 is 0. The minimum Gasteiger partial charge on any atom is -0.480 e. The van der Waals surface area contributed by atoms with Gasteiger partial charge in [-0.1, -0.05) is 13.8 Å². The number of carbonyl (C=O) groups excluding carboxylic acids is 2. The fraction of sp³-hybridized carbons (Fsp3) is 0.786. The topological polar surface area (TPSA) is 98.7 Å². The van der Waals surface area contributed by atoms with Crippen LogP contribution in [-0.2, 0) is 14.4 Å². The van der Waals surface area contributed by atoms with E-state index in [1.807, 2.05) is 32.8 Å². The molecule has 1 unspecified atom stereocenters. The first-order chi connectivity index (χ1) is 9.72. The number of carboxylic acids is 1. The van der Waals surface area contributed by atoms with Crippen LogP contribution >= 0.6 is 0 Å². The minimum absolute atomic E-state index is 0.00429. The highest BCUT2D eigenvalue weighted by Crippen LogP contribution is 2.05. The summed E-state index contributed by atoms with van der Waals surface area (Å²) in [7, 11) is 3.81. The summed E-state index contributed by atoms with van der Waals surface area (Å²) >= 11 is 0. The molecule has 0 rings (SSSR count). The molecule has 0 aromatic carbocycles. The molecule has 0 aliphatic carbocycles. The van der Waals surface area contributed by atoms with Gasteiger partial charge < -0.3 is 20.6 Å². The van der Waals surface area contributed by atoms with Gasteiger partial charge in [0.2, 0.25) is 11.8 Å². The van der Waals surface area contributed by atoms with Crippen LogP contribution in [0.25, 0.3) is 0 Å². The van der Waals surface area contributed by atoms with Gasteiger partial charge in [-0.15, -0.1) is 0 Å². The number of hydrogen-bond acceptors (Lipinski definition) is 4. The van der Waals surface area contributed by atoms with Gasteiger partial charge in [-0.3, -0.25) is 9.59 Å². The quantitative estimate of drug-likeness (QED) is 0.530. The van der Waals surface area contributed by atoms with Crippen LogP contribution in [0.5, 0.6) is 0 Å². The predicted octanol–water partition coefficient (Wildman–Crippen LogP) is 0.0599. The van der Waals surface area contributed by atoms with Crippen molar-refractivity contribution in [3.8, 4) is 0 Å². The van der Waals surface area contributed by atoms with Crippen LogP contribution < -0.4 is 10.6 Å². The van der Waals surface area contributed by atoms with Crippen LogP contribution in [0.2, 0.25) is 0 Å². The smallest absolute Gasteiger partial charge is 0.326 e. The molecule has 7 heteroatoms. The largest absolute Gasteiger partial charge is 0.480 e. The van der Waals surface area contributed by atoms with E-state index in [9.17, 15) is 14.4 Å². The lowest BCUT2D eigenvalue weighted by Gasteiger charge is -2.16. The number of carbonyl (C=O) groups is 3. The third kappa shape index (κ3) is 10.8. The summed E-state index contributed by atoms with van der Waals surface area (Å²) in [6.07, 6.45) is 0.430. The normalized spacial score (nSPS) is 12.3. The van der Waals surface area contributed by atoms with E-state index in [0.29, 0.717) is 13.0 Å². The van der Waals surface area contributed by atoms with E-state index in [0.717, 1.165) is 6.54 Å². The highest BCUT2D eigenvalue weighted by atomic mass is 16.4. The van der Waals surface area contributed by atoms with E-state index >= 15 is 0 Å². The van der Waals surface area contributed by atoms with E-state index in [-0.39, 0.29) is 24.7 Å². The molecule has 0 bridgehead atoms. The Balaban J connectivity index is 4.01. The molecule has 0 aliphatic rings. The van der Waals surface area contributed by atoms with Crippen molar-refractivity contribution in [1.82, 2.24) is 15.5 Å². The molecule has 0 radical (unpaired) electrons. The maximum Gasteiger partial charge on any atom is 0.326 e. The molecule has 0 spiro atoms. The predicted molar refractivity (Wildman–Crippen MR) is 79.8 cm³/mol. The Bertz CT molecular complexity index is 356. The summed E-state index contributed by atoms with van der Waals surface area (Å²) in [6, 6.07) is -0.894. The SMILES string of the molecule is CC(C)CC(NC(=O)CCC(=O)NCCN(C)C)C(=O)O. The Hall–Kier alpha value is -1.63. The molecule has 0 aromatic heterocycles. The standard InChI is InChI=1S/C14H27N3O4/c1-10(2)9-11(14(20)21)16-13(19)6-5-12(18)15-7-8-17(3)4/h10-11H,5-9H2,1-4H3,(H,15,18)(H,16,19)(H,20,21). The Morgan fingerprint density at radius 3 is 2.14 bits per heavy atom. The van der Waals surface area contributed by atoms with Crippen molar-refractivity contribution in [2.45, 2.75) is 39.2 Å². The van der Waals surface area contributed by atoms with Gasteiger partial charge in [-0.05, 0) is 26.4 Å². The monoisotopic (exact) mass is 301 g/mol. The molecular formula is C14H27N3O4. The Labute approximate surface area is 126 Å². The number of carboxylic acid groups (broad SMARTS) is 1. The second kappa shape index (κ2) is 10.1. The molecule has 122 valence electrons. The van der Waals surface area contributed by atoms with Crippen LogP contribution in [0.4, 0.5) is 0 Å². The number of aliphatic carboxylic acids is 1. The van der Waals surface area contributed by atoms with Gasteiger partial charge in [-0.2, -0.15) is 0 Å². The zero-order valence-electron chi connectivity index (χ0n) is 13.3. The van der Waals surface area contributed by atoms with Crippen molar-refractivity contribution in [2.24, 2.45) is 5.92 Å². The van der Waals surface area contributed by atoms with Gasteiger partial charge in [0.25, 0.3) is 0 Å². The molecule has 0 heterocycles. The molecule has 0 aromatic rings. The zero-order chi connectivity index (χ0) is 16.4. The highest BCUT2D eigenvalue weighted by Gasteiger charge is 2.21. The first-order valence-electron chi connectivity index (χ1n) is 7.16. The number of likely N-dealkylation sites (N-methyl/N-ethyl adjacent to an activating group) is 1. The maximum atomic E-state index is 11.7. The number of rotatable bonds is 10. The third-order valence-electron chi connectivity index (χ3n) is 2.80. The van der Waals surface area contributed by atoms with Crippen LogP contribution in [0.3, 0.4) is 0 Å². The molecule has 1 atom stereocenters. The maximum absolute atomic E-state index is 11.7. The number of hydrogen-bond donors (Lipinski definition) is 3. The number of nitrogens with zero attached hydrogens (tertiary/aromatic N) is 1. The van der Waals surface area contributed by atoms with Crippen molar-refractivity contribution in [1.29, 1.82) is 0 Å². The van der Waals surface area contributed by atoms with Gasteiger partial charge in [0, 0.05) is 25.9 Å². The molecular weight excluding hydrogens is 274 g/mol. The second-order valence-electron chi connectivity index (χ2n) is 5.74. The molecule has 0 fully saturated rings. The highest BCUT2D eigenvalue weighted by molar-refractivity contribution is 5.86. The first-order valence-corrected chi connectivity index (χ1v) is 7.16. The molecule has 2 amide bonds. The van der Waals surface area contributed by atoms with Crippen molar-refractivity contribution in [2.75, 3.05) is 27.2 Å². The molecule has 21 heavy (non-hydrogen) atoms. The van der Waals surface area contributed by atoms with Crippen LogP contribution in [-0.4, -0.2) is 61.0 Å². The number of nitrogens with one attached hydrogen (secondary N) is 2. The Morgan fingerprint density at radius 1 is 1.10 bits per heavy atom. The van der Waals surface area contributed by atoms with Gasteiger partial charge in [0.05, 0.1) is 0 Å². The lowest BCUT2D eigenvalue weighted by molar-refractivity contribution is -0.142. The van der Waals surface area contributed by atoms with E-state index in [1.165, 1.54) is 0 Å². The van der Waals surface area contributed by atoms with E-state index in [2.05, 4.69) is 10.6 Å². The lowest BCUT2D eigenvalue weighted by Crippen LogP contribution is -2.42. The van der Waals surface area contributed by atoms with Crippen molar-refractivity contribution >= 4 is 17.8 Å². The summed E-state index contributed by atoms with van der Waals surface area (Å²) in [4.78, 5) is 36.1. The van der Waals surface area contributed by atoms with Crippen LogP contribution in [0, 0.1) is 5.92 Å². The fourth-order valence-electron chi connectivity index (χ4n) is 1.69. The van der Waals surface area contributed by atoms with Gasteiger partial charge in [0.15, 0.2) is 0 Å². The van der Waals surface area contributed by atoms with Crippen molar-refractivity contribution in [3.05, 3.63) is 0 Å². The Morgan fingerprint density at radius 2 is 1.67 bits per heavy atom. The summed E-state index contributed by atoms with van der Waals surface area (Å²) in [5.41, 5.74) is 0. The average molecular weight is 301 g/mol. The van der Waals surface area contributed by atoms with Crippen molar-refractivity contribution in [3.63, 3.8) is 0 Å². The van der Waals surface area contributed by atoms with Gasteiger partial charge >= 0.3 is 5.97 Å². The molecule has 0 saturated carbocycles. The van der Waals surface area contributed by atoms with E-state index in [4.69, 9.17) is 5.11 Å².